The van der Waals surface area contributed by atoms with Crippen LogP contribution in [0, 0.1) is 6.92 Å². The minimum atomic E-state index is -3.74. The molecule has 0 aliphatic heterocycles. The molecule has 0 spiro atoms. The van der Waals surface area contributed by atoms with Gasteiger partial charge >= 0.3 is 5.97 Å². The van der Waals surface area contributed by atoms with E-state index < -0.39 is 16.0 Å². The highest BCUT2D eigenvalue weighted by Crippen LogP contribution is 2.18. The number of nitrogens with zero attached hydrogens (tertiary/aromatic N) is 2. The second-order valence-electron chi connectivity index (χ2n) is 5.92. The van der Waals surface area contributed by atoms with Gasteiger partial charge in [0, 0.05) is 5.69 Å². The normalized spacial score (nSPS) is 10.9. The molecule has 0 aliphatic rings. The minimum Gasteiger partial charge on any atom is -0.465 e. The Labute approximate surface area is 162 Å². The molecule has 0 fully saturated rings. The first-order valence-electron chi connectivity index (χ1n) is 8.26. The fraction of sp³-hybridized carbons (Fsp3) is 0.105. The largest absolute Gasteiger partial charge is 0.465 e. The summed E-state index contributed by atoms with van der Waals surface area (Å²) in [4.78, 5) is 11.6. The number of sulfonamides is 1. The fourth-order valence-corrected chi connectivity index (χ4v) is 3.49. The minimum absolute atomic E-state index is 0.105. The second kappa shape index (κ2) is 8.05. The van der Waals surface area contributed by atoms with Crippen LogP contribution in [0.1, 0.15) is 15.9 Å². The van der Waals surface area contributed by atoms with Crippen LogP contribution < -0.4 is 10.0 Å². The van der Waals surface area contributed by atoms with E-state index in [1.165, 1.54) is 19.2 Å². The van der Waals surface area contributed by atoms with E-state index in [4.69, 9.17) is 0 Å². The van der Waals surface area contributed by atoms with E-state index in [1.807, 2.05) is 13.0 Å². The zero-order valence-corrected chi connectivity index (χ0v) is 16.0. The number of ether oxygens (including phenoxy) is 1. The Kier molecular flexibility index (Phi) is 5.55. The van der Waals surface area contributed by atoms with Gasteiger partial charge in [0.15, 0.2) is 11.6 Å². The van der Waals surface area contributed by atoms with Crippen molar-refractivity contribution in [2.24, 2.45) is 0 Å². The van der Waals surface area contributed by atoms with Gasteiger partial charge in [-0.15, -0.1) is 10.2 Å². The van der Waals surface area contributed by atoms with Crippen molar-refractivity contribution in [3.05, 3.63) is 71.8 Å². The monoisotopic (exact) mass is 398 g/mol. The van der Waals surface area contributed by atoms with Gasteiger partial charge in [-0.05, 0) is 61.0 Å². The summed E-state index contributed by atoms with van der Waals surface area (Å²) in [5.74, 6) is 0.106. The van der Waals surface area contributed by atoms with Crippen LogP contribution >= 0.6 is 0 Å². The average Bonchev–Trinajstić information content (AvgIpc) is 2.69. The van der Waals surface area contributed by atoms with Crippen LogP contribution in [-0.2, 0) is 14.8 Å². The summed E-state index contributed by atoms with van der Waals surface area (Å²) >= 11 is 0. The Bertz CT molecular complexity index is 1080. The van der Waals surface area contributed by atoms with E-state index >= 15 is 0 Å². The lowest BCUT2D eigenvalue weighted by atomic mass is 10.2. The zero-order valence-electron chi connectivity index (χ0n) is 15.2. The lowest BCUT2D eigenvalue weighted by Crippen LogP contribution is -2.14. The van der Waals surface area contributed by atoms with Gasteiger partial charge in [0.1, 0.15) is 0 Å². The average molecular weight is 398 g/mol. The van der Waals surface area contributed by atoms with E-state index in [2.05, 4.69) is 25.0 Å². The highest BCUT2D eigenvalue weighted by atomic mass is 32.2. The highest BCUT2D eigenvalue weighted by Gasteiger charge is 2.15. The van der Waals surface area contributed by atoms with Crippen LogP contribution in [0.4, 0.5) is 17.3 Å². The van der Waals surface area contributed by atoms with Crippen molar-refractivity contribution < 1.29 is 17.9 Å². The molecule has 0 bridgehead atoms. The van der Waals surface area contributed by atoms with Gasteiger partial charge in [0.25, 0.3) is 10.0 Å². The number of aryl methyl sites for hydroxylation is 1. The highest BCUT2D eigenvalue weighted by molar-refractivity contribution is 7.92. The van der Waals surface area contributed by atoms with Gasteiger partial charge in [0.2, 0.25) is 0 Å². The number of nitrogens with one attached hydrogen (secondary N) is 2. The molecule has 0 amide bonds. The standard InChI is InChI=1S/C19H18N4O4S/c1-13-4-3-5-16(12-13)28(25,26)23-18-11-10-17(21-22-18)20-15-8-6-14(7-9-15)19(24)27-2/h3-12H,1-2H3,(H,20,21)(H,22,23). The molecule has 3 rings (SSSR count). The molecule has 3 aromatic rings. The molecule has 0 saturated carbocycles. The van der Waals surface area contributed by atoms with Crippen LogP contribution in [0.25, 0.3) is 0 Å². The molecule has 8 nitrogen and oxygen atoms in total. The molecule has 2 aromatic carbocycles. The van der Waals surface area contributed by atoms with E-state index in [1.54, 1.807) is 42.5 Å². The number of anilines is 3. The molecule has 0 unspecified atom stereocenters. The van der Waals surface area contributed by atoms with Crippen molar-refractivity contribution in [2.75, 3.05) is 17.1 Å². The Morgan fingerprint density at radius 3 is 2.25 bits per heavy atom. The van der Waals surface area contributed by atoms with Crippen LogP contribution in [0.5, 0.6) is 0 Å². The molecule has 1 aromatic heterocycles. The number of esters is 1. The van der Waals surface area contributed by atoms with Gasteiger partial charge in [-0.2, -0.15) is 0 Å². The molecule has 1 heterocycles. The second-order valence-corrected chi connectivity index (χ2v) is 7.60. The molecule has 0 radical (unpaired) electrons. The third kappa shape index (κ3) is 4.63. The quantitative estimate of drug-likeness (QED) is 0.614. The van der Waals surface area contributed by atoms with Crippen molar-refractivity contribution in [1.82, 2.24) is 10.2 Å². The Hall–Kier alpha value is -3.46. The van der Waals surface area contributed by atoms with Crippen LogP contribution in [0.2, 0.25) is 0 Å². The predicted molar refractivity (Wildman–Crippen MR) is 105 cm³/mol. The number of carbonyl (C=O) groups is 1. The van der Waals surface area contributed by atoms with Gasteiger partial charge in [-0.25, -0.2) is 13.2 Å². The summed E-state index contributed by atoms with van der Waals surface area (Å²) < 4.78 is 31.9. The molecule has 0 aliphatic carbocycles. The van der Waals surface area contributed by atoms with Crippen LogP contribution in [0.15, 0.2) is 65.6 Å². The van der Waals surface area contributed by atoms with Gasteiger partial charge in [-0.1, -0.05) is 12.1 Å². The maximum absolute atomic E-state index is 12.4. The Morgan fingerprint density at radius 2 is 1.64 bits per heavy atom. The molecule has 144 valence electrons. The van der Waals surface area contributed by atoms with Crippen molar-refractivity contribution in [3.8, 4) is 0 Å². The summed E-state index contributed by atoms with van der Waals surface area (Å²) in [7, 11) is -2.42. The van der Waals surface area contributed by atoms with Crippen molar-refractivity contribution in [2.45, 2.75) is 11.8 Å². The number of aromatic nitrogens is 2. The lowest BCUT2D eigenvalue weighted by Gasteiger charge is -2.09. The van der Waals surface area contributed by atoms with E-state index in [0.717, 1.165) is 5.56 Å². The van der Waals surface area contributed by atoms with Crippen LogP contribution in [0.3, 0.4) is 0 Å². The third-order valence-corrected chi connectivity index (χ3v) is 5.13. The van der Waals surface area contributed by atoms with Crippen molar-refractivity contribution >= 4 is 33.3 Å². The summed E-state index contributed by atoms with van der Waals surface area (Å²) in [6, 6.07) is 16.3. The number of methoxy groups -OCH3 is 1. The van der Waals surface area contributed by atoms with Crippen molar-refractivity contribution in [3.63, 3.8) is 0 Å². The summed E-state index contributed by atoms with van der Waals surface area (Å²) in [6.07, 6.45) is 0. The SMILES string of the molecule is COC(=O)c1ccc(Nc2ccc(NS(=O)(=O)c3cccc(C)c3)nn2)cc1. The molecule has 0 saturated heterocycles. The number of rotatable bonds is 6. The Balaban J connectivity index is 1.69. The first-order valence-corrected chi connectivity index (χ1v) is 9.74. The number of hydrogen-bond acceptors (Lipinski definition) is 7. The van der Waals surface area contributed by atoms with E-state index in [-0.39, 0.29) is 10.7 Å². The number of benzene rings is 2. The van der Waals surface area contributed by atoms with Gasteiger partial charge < -0.3 is 10.1 Å². The molecule has 28 heavy (non-hydrogen) atoms. The van der Waals surface area contributed by atoms with E-state index in [9.17, 15) is 13.2 Å². The number of carbonyl (C=O) groups excluding carboxylic acids is 1. The lowest BCUT2D eigenvalue weighted by molar-refractivity contribution is 0.0600. The first-order chi connectivity index (χ1) is 13.4. The molecular formula is C19H18N4O4S. The fourth-order valence-electron chi connectivity index (χ4n) is 2.39. The maximum atomic E-state index is 12.4. The topological polar surface area (TPSA) is 110 Å². The smallest absolute Gasteiger partial charge is 0.337 e. The zero-order chi connectivity index (χ0) is 20.1. The molecule has 9 heteroatoms. The summed E-state index contributed by atoms with van der Waals surface area (Å²) in [5, 5.41) is 10.9. The van der Waals surface area contributed by atoms with Gasteiger partial charge in [-0.3, -0.25) is 4.72 Å². The molecule has 0 atom stereocenters. The first kappa shape index (κ1) is 19.3. The molecular weight excluding hydrogens is 380 g/mol. The maximum Gasteiger partial charge on any atom is 0.337 e. The third-order valence-electron chi connectivity index (χ3n) is 3.78. The van der Waals surface area contributed by atoms with E-state index in [0.29, 0.717) is 17.1 Å². The number of hydrogen-bond donors (Lipinski definition) is 2. The van der Waals surface area contributed by atoms with Crippen molar-refractivity contribution in [1.29, 1.82) is 0 Å². The molecule has 2 N–H and O–H groups in total. The van der Waals surface area contributed by atoms with Crippen LogP contribution in [-0.4, -0.2) is 31.7 Å². The van der Waals surface area contributed by atoms with Gasteiger partial charge in [0.05, 0.1) is 17.6 Å². The predicted octanol–water partition coefficient (Wildman–Crippen LogP) is 3.12. The summed E-state index contributed by atoms with van der Waals surface area (Å²) in [5.41, 5.74) is 1.96. The Morgan fingerprint density at radius 1 is 0.964 bits per heavy atom. The summed E-state index contributed by atoms with van der Waals surface area (Å²) in [6.45, 7) is 1.82.